The van der Waals surface area contributed by atoms with Crippen molar-refractivity contribution in [1.82, 2.24) is 0 Å². The van der Waals surface area contributed by atoms with Crippen molar-refractivity contribution < 1.29 is 4.42 Å². The maximum absolute atomic E-state index is 6.67. The Balaban J connectivity index is 1.02. The molecule has 0 amide bonds. The number of fused-ring (bicyclic) bond motifs is 6. The zero-order chi connectivity index (χ0) is 39.5. The van der Waals surface area contributed by atoms with Crippen LogP contribution in [0.15, 0.2) is 217 Å². The molecule has 0 N–H and O–H groups in total. The maximum Gasteiger partial charge on any atom is 0.143 e. The van der Waals surface area contributed by atoms with E-state index < -0.39 is 0 Å². The molecule has 1 heterocycles. The van der Waals surface area contributed by atoms with E-state index in [9.17, 15) is 0 Å². The van der Waals surface area contributed by atoms with Crippen LogP contribution in [0.2, 0.25) is 0 Å². The minimum absolute atomic E-state index is 0.0511. The molecule has 10 aromatic rings. The van der Waals surface area contributed by atoms with Crippen LogP contribution in [-0.2, 0) is 5.41 Å². The summed E-state index contributed by atoms with van der Waals surface area (Å²) in [6, 6.07) is 76.7. The van der Waals surface area contributed by atoms with E-state index in [0.717, 1.165) is 61.3 Å². The highest BCUT2D eigenvalue weighted by Crippen LogP contribution is 2.50. The molecule has 1 aliphatic carbocycles. The maximum atomic E-state index is 6.67. The molecule has 0 bridgehead atoms. The molecule has 0 aliphatic heterocycles. The van der Waals surface area contributed by atoms with Crippen molar-refractivity contribution in [3.8, 4) is 55.6 Å². The first kappa shape index (κ1) is 34.8. The lowest BCUT2D eigenvalue weighted by atomic mass is 9.82. The van der Waals surface area contributed by atoms with E-state index in [-0.39, 0.29) is 5.41 Å². The van der Waals surface area contributed by atoms with Crippen LogP contribution in [-0.4, -0.2) is 0 Å². The molecule has 1 aliphatic rings. The number of para-hydroxylation sites is 1. The van der Waals surface area contributed by atoms with E-state index in [1.54, 1.807) is 0 Å². The van der Waals surface area contributed by atoms with Gasteiger partial charge in [0.25, 0.3) is 0 Å². The predicted octanol–water partition coefficient (Wildman–Crippen LogP) is 16.0. The van der Waals surface area contributed by atoms with Crippen LogP contribution in [0.4, 0.5) is 17.1 Å². The lowest BCUT2D eigenvalue weighted by Crippen LogP contribution is -2.14. The SMILES string of the molecule is CC1(C)c2ccccc2-c2cc(-c3cc(-c4ccc(N(c5ccc(-c6ccccc6)cc5)c5ccc(-c6ccccc6)cc5)cc4)cc4c3oc3ccccc34)ccc21. The van der Waals surface area contributed by atoms with Gasteiger partial charge in [-0.1, -0.05) is 166 Å². The van der Waals surface area contributed by atoms with Crippen molar-refractivity contribution in [2.75, 3.05) is 4.90 Å². The summed E-state index contributed by atoms with van der Waals surface area (Å²) in [5.74, 6) is 0. The molecule has 0 spiro atoms. The van der Waals surface area contributed by atoms with E-state index >= 15 is 0 Å². The molecule has 1 aromatic heterocycles. The Morgan fingerprint density at radius 3 is 1.41 bits per heavy atom. The Morgan fingerprint density at radius 2 is 0.797 bits per heavy atom. The Hall–Kier alpha value is -7.42. The molecule has 280 valence electrons. The summed E-state index contributed by atoms with van der Waals surface area (Å²) in [6.07, 6.45) is 0. The van der Waals surface area contributed by atoms with Gasteiger partial charge in [0, 0.05) is 38.8 Å². The summed E-state index contributed by atoms with van der Waals surface area (Å²) < 4.78 is 6.67. The standard InChI is InChI=1S/C57H41NO/c1-57(2)53-19-11-9-17-48(53)51-35-43(27-34-54(51)57)50-36-44(37-52-49-18-10-12-20-55(49)59-56(50)52)42-25-32-47(33-26-42)58(45-28-21-40(22-29-45)38-13-5-3-6-14-38)46-30-23-41(24-31-46)39-15-7-4-8-16-39/h3-37H,1-2H3. The molecule has 11 rings (SSSR count). The topological polar surface area (TPSA) is 16.4 Å². The second-order valence-corrected chi connectivity index (χ2v) is 16.1. The van der Waals surface area contributed by atoms with Gasteiger partial charge in [0.05, 0.1) is 0 Å². The van der Waals surface area contributed by atoms with Gasteiger partial charge in [0.1, 0.15) is 11.2 Å². The molecule has 0 unspecified atom stereocenters. The van der Waals surface area contributed by atoms with Crippen molar-refractivity contribution in [1.29, 1.82) is 0 Å². The monoisotopic (exact) mass is 755 g/mol. The van der Waals surface area contributed by atoms with Crippen LogP contribution >= 0.6 is 0 Å². The van der Waals surface area contributed by atoms with Gasteiger partial charge < -0.3 is 9.32 Å². The van der Waals surface area contributed by atoms with Gasteiger partial charge in [-0.3, -0.25) is 0 Å². The van der Waals surface area contributed by atoms with Crippen LogP contribution in [0.5, 0.6) is 0 Å². The number of furan rings is 1. The van der Waals surface area contributed by atoms with Crippen LogP contribution in [0.25, 0.3) is 77.6 Å². The number of rotatable bonds is 7. The van der Waals surface area contributed by atoms with Gasteiger partial charge in [-0.15, -0.1) is 0 Å². The summed E-state index contributed by atoms with van der Waals surface area (Å²) in [5.41, 5.74) is 19.8. The van der Waals surface area contributed by atoms with Gasteiger partial charge in [-0.05, 0) is 122 Å². The number of hydrogen-bond acceptors (Lipinski definition) is 2. The number of benzene rings is 9. The quantitative estimate of drug-likeness (QED) is 0.161. The van der Waals surface area contributed by atoms with E-state index in [4.69, 9.17) is 4.42 Å². The number of nitrogens with zero attached hydrogens (tertiary/aromatic N) is 1. The fraction of sp³-hybridized carbons (Fsp3) is 0.0526. The van der Waals surface area contributed by atoms with E-state index in [2.05, 4.69) is 231 Å². The Bertz CT molecular complexity index is 3060. The Morgan fingerprint density at radius 1 is 0.339 bits per heavy atom. The third-order valence-corrected chi connectivity index (χ3v) is 12.3. The van der Waals surface area contributed by atoms with Gasteiger partial charge in [0.2, 0.25) is 0 Å². The van der Waals surface area contributed by atoms with Crippen molar-refractivity contribution in [2.45, 2.75) is 19.3 Å². The van der Waals surface area contributed by atoms with Gasteiger partial charge in [0.15, 0.2) is 0 Å². The molecular weight excluding hydrogens is 715 g/mol. The van der Waals surface area contributed by atoms with Gasteiger partial charge in [-0.25, -0.2) is 0 Å². The number of hydrogen-bond donors (Lipinski definition) is 0. The summed E-state index contributed by atoms with van der Waals surface area (Å²) >= 11 is 0. The van der Waals surface area contributed by atoms with Crippen LogP contribution in [0.1, 0.15) is 25.0 Å². The molecule has 2 heteroatoms. The average Bonchev–Trinajstić information content (AvgIpc) is 3.79. The molecule has 0 saturated carbocycles. The van der Waals surface area contributed by atoms with E-state index in [1.807, 2.05) is 0 Å². The Kier molecular flexibility index (Phi) is 8.20. The molecule has 2 nitrogen and oxygen atoms in total. The first-order chi connectivity index (χ1) is 29.0. The van der Waals surface area contributed by atoms with Gasteiger partial charge >= 0.3 is 0 Å². The number of anilines is 3. The summed E-state index contributed by atoms with van der Waals surface area (Å²) in [7, 11) is 0. The predicted molar refractivity (Wildman–Crippen MR) is 248 cm³/mol. The fourth-order valence-corrected chi connectivity index (χ4v) is 9.21. The molecular formula is C57H41NO. The van der Waals surface area contributed by atoms with E-state index in [1.165, 1.54) is 44.5 Å². The largest absolute Gasteiger partial charge is 0.455 e. The molecule has 0 fully saturated rings. The molecule has 0 atom stereocenters. The van der Waals surface area contributed by atoms with Crippen molar-refractivity contribution >= 4 is 39.0 Å². The zero-order valence-electron chi connectivity index (χ0n) is 33.1. The second-order valence-electron chi connectivity index (χ2n) is 16.1. The molecule has 0 radical (unpaired) electrons. The average molecular weight is 756 g/mol. The smallest absolute Gasteiger partial charge is 0.143 e. The van der Waals surface area contributed by atoms with Crippen LogP contribution in [0.3, 0.4) is 0 Å². The highest BCUT2D eigenvalue weighted by atomic mass is 16.3. The van der Waals surface area contributed by atoms with Crippen molar-refractivity contribution in [3.63, 3.8) is 0 Å². The lowest BCUT2D eigenvalue weighted by molar-refractivity contribution is 0.660. The third kappa shape index (κ3) is 5.96. The van der Waals surface area contributed by atoms with Crippen molar-refractivity contribution in [3.05, 3.63) is 223 Å². The Labute approximate surface area is 345 Å². The second kappa shape index (κ2) is 13.9. The normalized spacial score (nSPS) is 12.7. The third-order valence-electron chi connectivity index (χ3n) is 12.3. The van der Waals surface area contributed by atoms with Crippen molar-refractivity contribution in [2.24, 2.45) is 0 Å². The first-order valence-electron chi connectivity index (χ1n) is 20.4. The fourth-order valence-electron chi connectivity index (χ4n) is 9.21. The van der Waals surface area contributed by atoms with Crippen LogP contribution in [0, 0.1) is 0 Å². The minimum atomic E-state index is -0.0511. The summed E-state index contributed by atoms with van der Waals surface area (Å²) in [6.45, 7) is 4.67. The zero-order valence-corrected chi connectivity index (χ0v) is 33.1. The molecule has 59 heavy (non-hydrogen) atoms. The first-order valence-corrected chi connectivity index (χ1v) is 20.4. The lowest BCUT2D eigenvalue weighted by Gasteiger charge is -2.26. The highest BCUT2D eigenvalue weighted by Gasteiger charge is 2.35. The van der Waals surface area contributed by atoms with E-state index in [0.29, 0.717) is 0 Å². The summed E-state index contributed by atoms with van der Waals surface area (Å²) in [4.78, 5) is 2.34. The summed E-state index contributed by atoms with van der Waals surface area (Å²) in [5, 5.41) is 2.25. The van der Waals surface area contributed by atoms with Gasteiger partial charge in [-0.2, -0.15) is 0 Å². The molecule has 0 saturated heterocycles. The highest BCUT2D eigenvalue weighted by molar-refractivity contribution is 6.11. The minimum Gasteiger partial charge on any atom is -0.455 e. The van der Waals surface area contributed by atoms with Crippen LogP contribution < -0.4 is 4.90 Å². The molecule has 9 aromatic carbocycles.